The summed E-state index contributed by atoms with van der Waals surface area (Å²) in [6.07, 6.45) is 2.24. The van der Waals surface area contributed by atoms with Crippen LogP contribution in [0.15, 0.2) is 39.5 Å². The number of ether oxygens (including phenoxy) is 2. The fraction of sp³-hybridized carbons (Fsp3) is 0.391. The Morgan fingerprint density at radius 1 is 1.12 bits per heavy atom. The summed E-state index contributed by atoms with van der Waals surface area (Å²) in [6.45, 7) is 7.89. The number of benzene rings is 1. The number of anilines is 1. The van der Waals surface area contributed by atoms with Gasteiger partial charge in [0.05, 0.1) is 12.0 Å². The van der Waals surface area contributed by atoms with Gasteiger partial charge in [-0.05, 0) is 65.4 Å². The number of thiophene rings is 1. The Morgan fingerprint density at radius 3 is 2.56 bits per heavy atom. The molecule has 0 aliphatic rings. The zero-order valence-corrected chi connectivity index (χ0v) is 21.7. The van der Waals surface area contributed by atoms with Crippen molar-refractivity contribution in [3.63, 3.8) is 0 Å². The average Bonchev–Trinajstić information content (AvgIpc) is 3.43. The van der Waals surface area contributed by atoms with Gasteiger partial charge in [-0.1, -0.05) is 13.8 Å². The molecule has 0 aliphatic carbocycles. The number of thiazole rings is 1. The van der Waals surface area contributed by atoms with Crippen LogP contribution in [0, 0.1) is 0 Å². The minimum Gasteiger partial charge on any atom is -0.493 e. The van der Waals surface area contributed by atoms with Crippen molar-refractivity contribution >= 4 is 50.2 Å². The molecule has 3 rings (SSSR count). The van der Waals surface area contributed by atoms with Crippen LogP contribution in [-0.2, 0) is 0 Å². The second kappa shape index (κ2) is 12.3. The summed E-state index contributed by atoms with van der Waals surface area (Å²) in [6, 6.07) is 7.37. The van der Waals surface area contributed by atoms with Crippen molar-refractivity contribution in [1.29, 1.82) is 0 Å². The van der Waals surface area contributed by atoms with Crippen molar-refractivity contribution in [2.45, 2.75) is 26.7 Å². The van der Waals surface area contributed by atoms with E-state index in [1.807, 2.05) is 11.4 Å². The number of hydrogen-bond donors (Lipinski definition) is 1. The molecular weight excluding hydrogens is 510 g/mol. The molecule has 172 valence electrons. The number of rotatable bonds is 12. The maximum atomic E-state index is 12.7. The first kappa shape index (κ1) is 24.7. The number of carbonyl (C=O) groups excluding carboxylic acids is 1. The summed E-state index contributed by atoms with van der Waals surface area (Å²) < 4.78 is 12.4. The molecule has 1 aromatic carbocycles. The molecular formula is C23H28BrN3O3S2. The number of aromatic nitrogens is 1. The molecule has 0 aliphatic heterocycles. The third-order valence-electron chi connectivity index (χ3n) is 4.71. The lowest BCUT2D eigenvalue weighted by Crippen LogP contribution is -2.30. The van der Waals surface area contributed by atoms with Gasteiger partial charge in [-0.3, -0.25) is 9.69 Å². The van der Waals surface area contributed by atoms with Gasteiger partial charge in [-0.15, -0.1) is 22.7 Å². The Balaban J connectivity index is 1.65. The van der Waals surface area contributed by atoms with Gasteiger partial charge in [0, 0.05) is 28.2 Å². The van der Waals surface area contributed by atoms with Gasteiger partial charge in [0.25, 0.3) is 5.91 Å². The summed E-state index contributed by atoms with van der Waals surface area (Å²) in [5, 5.41) is 7.49. The number of nitrogens with zero attached hydrogens (tertiary/aromatic N) is 2. The number of nitrogens with one attached hydrogen (secondary N) is 1. The summed E-state index contributed by atoms with van der Waals surface area (Å²) in [7, 11) is 1.61. The highest BCUT2D eigenvalue weighted by molar-refractivity contribution is 9.10. The van der Waals surface area contributed by atoms with E-state index in [0.717, 1.165) is 46.8 Å². The minimum atomic E-state index is -0.256. The molecule has 32 heavy (non-hydrogen) atoms. The molecule has 0 saturated heterocycles. The Kier molecular flexibility index (Phi) is 9.52. The molecule has 0 radical (unpaired) electrons. The van der Waals surface area contributed by atoms with E-state index in [-0.39, 0.29) is 5.91 Å². The van der Waals surface area contributed by atoms with Crippen molar-refractivity contribution in [2.75, 3.05) is 38.7 Å². The minimum absolute atomic E-state index is 0.256. The molecule has 0 saturated carbocycles. The van der Waals surface area contributed by atoms with Gasteiger partial charge in [0.15, 0.2) is 11.5 Å². The second-order valence-corrected chi connectivity index (χ2v) is 9.77. The normalized spacial score (nSPS) is 11.0. The maximum Gasteiger partial charge on any atom is 0.275 e. The van der Waals surface area contributed by atoms with Crippen LogP contribution in [-0.4, -0.2) is 49.1 Å². The van der Waals surface area contributed by atoms with Crippen LogP contribution < -0.4 is 14.8 Å². The lowest BCUT2D eigenvalue weighted by Gasteiger charge is -2.21. The number of methoxy groups -OCH3 is 1. The molecule has 0 fully saturated rings. The number of amides is 1. The van der Waals surface area contributed by atoms with Crippen LogP contribution in [0.3, 0.4) is 0 Å². The largest absolute Gasteiger partial charge is 0.493 e. The SMILES string of the molecule is CCCN(CCC)CCOc1cc(NC(=O)c2csc(-c3sccc3Br)n2)ccc1OC. The highest BCUT2D eigenvalue weighted by atomic mass is 79.9. The van der Waals surface area contributed by atoms with Crippen molar-refractivity contribution in [3.05, 3.63) is 45.2 Å². The van der Waals surface area contributed by atoms with E-state index in [1.54, 1.807) is 42.0 Å². The summed E-state index contributed by atoms with van der Waals surface area (Å²) in [5.41, 5.74) is 1.02. The Bertz CT molecular complexity index is 1020. The predicted molar refractivity (Wildman–Crippen MR) is 137 cm³/mol. The highest BCUT2D eigenvalue weighted by Gasteiger charge is 2.16. The molecule has 0 spiro atoms. The fourth-order valence-electron chi connectivity index (χ4n) is 3.24. The molecule has 1 amide bonds. The van der Waals surface area contributed by atoms with E-state index < -0.39 is 0 Å². The van der Waals surface area contributed by atoms with E-state index in [2.05, 4.69) is 45.0 Å². The molecule has 6 nitrogen and oxygen atoms in total. The monoisotopic (exact) mass is 537 g/mol. The average molecular weight is 539 g/mol. The third kappa shape index (κ3) is 6.54. The molecule has 9 heteroatoms. The van der Waals surface area contributed by atoms with Gasteiger partial charge >= 0.3 is 0 Å². The Labute approximate surface area is 205 Å². The molecule has 1 N–H and O–H groups in total. The first-order valence-electron chi connectivity index (χ1n) is 10.6. The first-order valence-corrected chi connectivity index (χ1v) is 13.1. The van der Waals surface area contributed by atoms with Crippen molar-refractivity contribution in [1.82, 2.24) is 9.88 Å². The van der Waals surface area contributed by atoms with Crippen molar-refractivity contribution in [3.8, 4) is 21.4 Å². The van der Waals surface area contributed by atoms with E-state index >= 15 is 0 Å². The third-order valence-corrected chi connectivity index (χ3v) is 7.55. The first-order chi connectivity index (χ1) is 15.5. The number of hydrogen-bond acceptors (Lipinski definition) is 7. The van der Waals surface area contributed by atoms with Crippen LogP contribution in [0.1, 0.15) is 37.2 Å². The van der Waals surface area contributed by atoms with E-state index in [9.17, 15) is 4.79 Å². The van der Waals surface area contributed by atoms with Crippen LogP contribution in [0.25, 0.3) is 9.88 Å². The molecule has 0 atom stereocenters. The summed E-state index contributed by atoms with van der Waals surface area (Å²) in [4.78, 5) is 20.7. The van der Waals surface area contributed by atoms with Gasteiger partial charge in [0.2, 0.25) is 0 Å². The maximum absolute atomic E-state index is 12.7. The molecule has 0 unspecified atom stereocenters. The second-order valence-electron chi connectivity index (χ2n) is 7.15. The predicted octanol–water partition coefficient (Wildman–Crippen LogP) is 6.40. The van der Waals surface area contributed by atoms with Crippen LogP contribution >= 0.6 is 38.6 Å². The molecule has 2 heterocycles. The van der Waals surface area contributed by atoms with E-state index in [4.69, 9.17) is 9.47 Å². The molecule has 0 bridgehead atoms. The van der Waals surface area contributed by atoms with Gasteiger partial charge < -0.3 is 14.8 Å². The van der Waals surface area contributed by atoms with E-state index in [1.165, 1.54) is 11.3 Å². The van der Waals surface area contributed by atoms with Crippen molar-refractivity contribution in [2.24, 2.45) is 0 Å². The number of carbonyl (C=O) groups is 1. The van der Waals surface area contributed by atoms with E-state index in [0.29, 0.717) is 29.5 Å². The van der Waals surface area contributed by atoms with Crippen LogP contribution in [0.4, 0.5) is 5.69 Å². The van der Waals surface area contributed by atoms with Gasteiger partial charge in [-0.2, -0.15) is 0 Å². The summed E-state index contributed by atoms with van der Waals surface area (Å²) >= 11 is 6.56. The molecule has 2 aromatic heterocycles. The van der Waals surface area contributed by atoms with Gasteiger partial charge in [-0.25, -0.2) is 4.98 Å². The topological polar surface area (TPSA) is 63.7 Å². The zero-order valence-electron chi connectivity index (χ0n) is 18.5. The Morgan fingerprint density at radius 2 is 1.91 bits per heavy atom. The van der Waals surface area contributed by atoms with Crippen LogP contribution in [0.2, 0.25) is 0 Å². The Hall–Kier alpha value is -1.94. The van der Waals surface area contributed by atoms with Crippen LogP contribution in [0.5, 0.6) is 11.5 Å². The van der Waals surface area contributed by atoms with Crippen molar-refractivity contribution < 1.29 is 14.3 Å². The number of halogens is 1. The molecule has 3 aromatic rings. The quantitative estimate of drug-likeness (QED) is 0.289. The fourth-order valence-corrected chi connectivity index (χ4v) is 5.86. The summed E-state index contributed by atoms with van der Waals surface area (Å²) in [5.74, 6) is 0.993. The smallest absolute Gasteiger partial charge is 0.275 e. The zero-order chi connectivity index (χ0) is 22.9. The standard InChI is InChI=1S/C23H28BrN3O3S2/c1-4-9-27(10-5-2)11-12-30-20-14-16(6-7-19(20)29-3)25-22(28)18-15-32-23(26-18)21-17(24)8-13-31-21/h6-8,13-15H,4-5,9-12H2,1-3H3,(H,25,28). The lowest BCUT2D eigenvalue weighted by molar-refractivity contribution is 0.102. The van der Waals surface area contributed by atoms with Gasteiger partial charge in [0.1, 0.15) is 17.3 Å². The lowest BCUT2D eigenvalue weighted by atomic mass is 10.2. The highest BCUT2D eigenvalue weighted by Crippen LogP contribution is 2.35.